The normalized spacial score (nSPS) is 18.4. The first-order chi connectivity index (χ1) is 15.0. The van der Waals surface area contributed by atoms with Gasteiger partial charge < -0.3 is 24.3 Å². The minimum atomic E-state index is -0.513. The van der Waals surface area contributed by atoms with Crippen LogP contribution in [0.25, 0.3) is 10.9 Å². The molecule has 0 saturated carbocycles. The van der Waals surface area contributed by atoms with E-state index in [4.69, 9.17) is 21.7 Å². The molecule has 1 amide bonds. The van der Waals surface area contributed by atoms with Crippen molar-refractivity contribution < 1.29 is 14.3 Å². The molecule has 1 aromatic carbocycles. The lowest BCUT2D eigenvalue weighted by Gasteiger charge is -2.37. The third-order valence-corrected chi connectivity index (χ3v) is 6.71. The molecule has 1 spiro atoms. The molecule has 2 aromatic rings. The van der Waals surface area contributed by atoms with Crippen LogP contribution in [0.4, 0.5) is 0 Å². The Balaban J connectivity index is 1.53. The molecule has 1 N–H and O–H groups in total. The monoisotopic (exact) mass is 446 g/mol. The van der Waals surface area contributed by atoms with Gasteiger partial charge in [0.05, 0.1) is 24.1 Å². The number of rotatable bonds is 6. The molecule has 1 aromatic heterocycles. The van der Waals surface area contributed by atoms with Crippen molar-refractivity contribution in [3.05, 3.63) is 38.9 Å². The fourth-order valence-electron chi connectivity index (χ4n) is 4.39. The number of nitrogens with one attached hydrogen (secondary N) is 1. The second-order valence-corrected chi connectivity index (χ2v) is 8.46. The summed E-state index contributed by atoms with van der Waals surface area (Å²) in [4.78, 5) is 33.3. The number of piperidine rings is 1. The van der Waals surface area contributed by atoms with Crippen LogP contribution in [0, 0.1) is 4.77 Å². The summed E-state index contributed by atoms with van der Waals surface area (Å²) in [6, 6.07) is 5.18. The molecule has 31 heavy (non-hydrogen) atoms. The average molecular weight is 447 g/mol. The van der Waals surface area contributed by atoms with Crippen molar-refractivity contribution in [3.8, 4) is 0 Å². The number of aromatic amines is 1. The zero-order chi connectivity index (χ0) is 22.0. The molecule has 3 heterocycles. The number of amides is 1. The Hall–Kier alpha value is -2.07. The standard InChI is InChI=1S/C22H30N4O4S/c1-3-24(4-2)11-12-26-20(28)17-6-5-16(15-18(17)23-21(26)31)19(27)25-9-7-22(8-10-25)29-13-14-30-22/h5-6,15H,3-4,7-14H2,1-2H3,(H,23,31). The number of likely N-dealkylation sites (N-methyl/N-ethyl adjacent to an activating group) is 1. The van der Waals surface area contributed by atoms with Gasteiger partial charge in [0.25, 0.3) is 11.5 Å². The van der Waals surface area contributed by atoms with Crippen LogP contribution in [0.2, 0.25) is 0 Å². The third kappa shape index (κ3) is 4.45. The number of benzene rings is 1. The van der Waals surface area contributed by atoms with E-state index in [0.29, 0.717) is 66.9 Å². The lowest BCUT2D eigenvalue weighted by atomic mass is 10.0. The Morgan fingerprint density at radius 3 is 2.52 bits per heavy atom. The molecule has 0 atom stereocenters. The zero-order valence-corrected chi connectivity index (χ0v) is 19.0. The van der Waals surface area contributed by atoms with E-state index < -0.39 is 5.79 Å². The molecule has 0 bridgehead atoms. The predicted octanol–water partition coefficient (Wildman–Crippen LogP) is 2.38. The summed E-state index contributed by atoms with van der Waals surface area (Å²) >= 11 is 5.45. The number of carbonyl (C=O) groups is 1. The summed E-state index contributed by atoms with van der Waals surface area (Å²) in [6.07, 6.45) is 1.35. The highest BCUT2D eigenvalue weighted by molar-refractivity contribution is 7.71. The van der Waals surface area contributed by atoms with Gasteiger partial charge in [-0.25, -0.2) is 0 Å². The molecule has 2 aliphatic heterocycles. The SMILES string of the molecule is CCN(CC)CCn1c(=S)[nH]c2cc(C(=O)N3CCC4(CC3)OCCO4)ccc2c1=O. The zero-order valence-electron chi connectivity index (χ0n) is 18.2. The highest BCUT2D eigenvalue weighted by Crippen LogP contribution is 2.31. The minimum absolute atomic E-state index is 0.0558. The van der Waals surface area contributed by atoms with Gasteiger partial charge in [-0.3, -0.25) is 14.2 Å². The van der Waals surface area contributed by atoms with Crippen LogP contribution in [-0.2, 0) is 16.0 Å². The maximum Gasteiger partial charge on any atom is 0.262 e. The quantitative estimate of drug-likeness (QED) is 0.687. The van der Waals surface area contributed by atoms with Crippen molar-refractivity contribution in [1.82, 2.24) is 19.4 Å². The van der Waals surface area contributed by atoms with E-state index >= 15 is 0 Å². The van der Waals surface area contributed by atoms with E-state index in [0.717, 1.165) is 19.6 Å². The number of nitrogens with zero attached hydrogens (tertiary/aromatic N) is 3. The Morgan fingerprint density at radius 2 is 1.87 bits per heavy atom. The van der Waals surface area contributed by atoms with Gasteiger partial charge in [-0.05, 0) is 43.5 Å². The van der Waals surface area contributed by atoms with Gasteiger partial charge in [-0.15, -0.1) is 0 Å². The fraction of sp³-hybridized carbons (Fsp3) is 0.591. The van der Waals surface area contributed by atoms with Crippen LogP contribution in [0.5, 0.6) is 0 Å². The number of H-pyrrole nitrogens is 1. The van der Waals surface area contributed by atoms with Crippen LogP contribution in [0.1, 0.15) is 37.0 Å². The molecular weight excluding hydrogens is 416 g/mol. The molecule has 2 fully saturated rings. The van der Waals surface area contributed by atoms with E-state index in [2.05, 4.69) is 23.7 Å². The van der Waals surface area contributed by atoms with Crippen molar-refractivity contribution >= 4 is 29.0 Å². The molecule has 0 unspecified atom stereocenters. The fourth-order valence-corrected chi connectivity index (χ4v) is 4.67. The van der Waals surface area contributed by atoms with Crippen molar-refractivity contribution in [1.29, 1.82) is 0 Å². The summed E-state index contributed by atoms with van der Waals surface area (Å²) in [6.45, 7) is 9.74. The minimum Gasteiger partial charge on any atom is -0.347 e. The Morgan fingerprint density at radius 1 is 1.19 bits per heavy atom. The highest BCUT2D eigenvalue weighted by atomic mass is 32.1. The van der Waals surface area contributed by atoms with Crippen LogP contribution in [0.15, 0.2) is 23.0 Å². The lowest BCUT2D eigenvalue weighted by Crippen LogP contribution is -2.47. The van der Waals surface area contributed by atoms with Gasteiger partial charge >= 0.3 is 0 Å². The van der Waals surface area contributed by atoms with E-state index in [1.807, 2.05) is 4.90 Å². The first kappa shape index (κ1) is 22.1. The number of likely N-dealkylation sites (tertiary alicyclic amines) is 1. The van der Waals surface area contributed by atoms with Crippen LogP contribution >= 0.6 is 12.2 Å². The van der Waals surface area contributed by atoms with Gasteiger partial charge in [0.15, 0.2) is 10.6 Å². The van der Waals surface area contributed by atoms with Gasteiger partial charge in [0.2, 0.25) is 0 Å². The number of aromatic nitrogens is 2. The number of ether oxygens (including phenoxy) is 2. The maximum absolute atomic E-state index is 13.0. The average Bonchev–Trinajstić information content (AvgIpc) is 3.23. The van der Waals surface area contributed by atoms with Gasteiger partial charge in [0, 0.05) is 44.6 Å². The number of hydrogen-bond acceptors (Lipinski definition) is 6. The molecule has 4 rings (SSSR count). The summed E-state index contributed by atoms with van der Waals surface area (Å²) in [5.41, 5.74) is 1.01. The smallest absolute Gasteiger partial charge is 0.262 e. The second-order valence-electron chi connectivity index (χ2n) is 8.07. The van der Waals surface area contributed by atoms with Gasteiger partial charge in [0.1, 0.15) is 0 Å². The predicted molar refractivity (Wildman–Crippen MR) is 121 cm³/mol. The molecular formula is C22H30N4O4S. The van der Waals surface area contributed by atoms with E-state index in [1.165, 1.54) is 0 Å². The molecule has 8 nitrogen and oxygen atoms in total. The van der Waals surface area contributed by atoms with Crippen LogP contribution in [-0.4, -0.2) is 77.0 Å². The van der Waals surface area contributed by atoms with E-state index in [9.17, 15) is 9.59 Å². The third-order valence-electron chi connectivity index (χ3n) is 6.39. The first-order valence-corrected chi connectivity index (χ1v) is 11.4. The molecule has 2 aliphatic rings. The Labute approximate surface area is 186 Å². The van der Waals surface area contributed by atoms with Gasteiger partial charge in [-0.1, -0.05) is 13.8 Å². The summed E-state index contributed by atoms with van der Waals surface area (Å²) < 4.78 is 13.5. The Bertz CT molecular complexity index is 1060. The molecule has 168 valence electrons. The van der Waals surface area contributed by atoms with E-state index in [-0.39, 0.29) is 11.5 Å². The van der Waals surface area contributed by atoms with E-state index in [1.54, 1.807) is 22.8 Å². The van der Waals surface area contributed by atoms with Crippen molar-refractivity contribution in [3.63, 3.8) is 0 Å². The largest absolute Gasteiger partial charge is 0.347 e. The van der Waals surface area contributed by atoms with Gasteiger partial charge in [-0.2, -0.15) is 0 Å². The van der Waals surface area contributed by atoms with Crippen LogP contribution < -0.4 is 5.56 Å². The first-order valence-electron chi connectivity index (χ1n) is 11.0. The Kier molecular flexibility index (Phi) is 6.57. The second kappa shape index (κ2) is 9.20. The van der Waals surface area contributed by atoms with Crippen molar-refractivity contribution in [2.45, 2.75) is 39.0 Å². The maximum atomic E-state index is 13.0. The molecule has 0 aliphatic carbocycles. The molecule has 2 saturated heterocycles. The molecule has 0 radical (unpaired) electrons. The molecule has 9 heteroatoms. The van der Waals surface area contributed by atoms with Crippen molar-refractivity contribution in [2.24, 2.45) is 0 Å². The summed E-state index contributed by atoms with van der Waals surface area (Å²) in [5.74, 6) is -0.568. The number of carbonyl (C=O) groups excluding carboxylic acids is 1. The topological polar surface area (TPSA) is 79.8 Å². The number of hydrogen-bond donors (Lipinski definition) is 1. The highest BCUT2D eigenvalue weighted by Gasteiger charge is 2.40. The lowest BCUT2D eigenvalue weighted by molar-refractivity contribution is -0.181. The summed E-state index contributed by atoms with van der Waals surface area (Å²) in [5, 5.41) is 0.537. The van der Waals surface area contributed by atoms with Crippen LogP contribution in [0.3, 0.4) is 0 Å². The number of fused-ring (bicyclic) bond motifs is 1. The summed E-state index contributed by atoms with van der Waals surface area (Å²) in [7, 11) is 0. The van der Waals surface area contributed by atoms with Crippen molar-refractivity contribution in [2.75, 3.05) is 45.9 Å².